The summed E-state index contributed by atoms with van der Waals surface area (Å²) in [7, 11) is 0. The van der Waals surface area contributed by atoms with E-state index < -0.39 is 0 Å². The van der Waals surface area contributed by atoms with Gasteiger partial charge in [0.25, 0.3) is 0 Å². The lowest BCUT2D eigenvalue weighted by Crippen LogP contribution is -1.99. The van der Waals surface area contributed by atoms with Crippen LogP contribution in [0.2, 0.25) is 0 Å². The third-order valence-electron chi connectivity index (χ3n) is 2.78. The summed E-state index contributed by atoms with van der Waals surface area (Å²) in [6, 6.07) is 6.15. The molecule has 0 aliphatic heterocycles. The Kier molecular flexibility index (Phi) is 4.04. The van der Waals surface area contributed by atoms with E-state index in [4.69, 9.17) is 10.5 Å². The molecule has 5 heteroatoms. The Morgan fingerprint density at radius 2 is 2.00 bits per heavy atom. The maximum absolute atomic E-state index is 5.89. The van der Waals surface area contributed by atoms with Crippen molar-refractivity contribution < 1.29 is 4.74 Å². The number of nitrogens with two attached hydrogens (primary N) is 1. The van der Waals surface area contributed by atoms with Crippen LogP contribution in [0.4, 0.5) is 5.82 Å². The van der Waals surface area contributed by atoms with E-state index in [0.717, 1.165) is 16.9 Å². The maximum atomic E-state index is 5.89. The molecule has 0 fully saturated rings. The molecule has 0 spiro atoms. The van der Waals surface area contributed by atoms with Crippen LogP contribution in [-0.4, -0.2) is 9.97 Å². The smallest absolute Gasteiger partial charge is 0.238 e. The van der Waals surface area contributed by atoms with Gasteiger partial charge >= 0.3 is 0 Å². The third kappa shape index (κ3) is 3.04. The monoisotopic (exact) mass is 321 g/mol. The van der Waals surface area contributed by atoms with Gasteiger partial charge in [-0.05, 0) is 46.0 Å². The molecule has 1 aromatic carbocycles. The minimum atomic E-state index is 0.365. The van der Waals surface area contributed by atoms with Gasteiger partial charge in [-0.3, -0.25) is 0 Å². The van der Waals surface area contributed by atoms with E-state index >= 15 is 0 Å². The van der Waals surface area contributed by atoms with Crippen LogP contribution in [0.5, 0.6) is 11.6 Å². The van der Waals surface area contributed by atoms with Crippen LogP contribution >= 0.6 is 15.9 Å². The second kappa shape index (κ2) is 5.57. The Bertz CT molecular complexity index is 599. The van der Waals surface area contributed by atoms with E-state index in [2.05, 4.69) is 51.9 Å². The molecule has 0 saturated heterocycles. The highest BCUT2D eigenvalue weighted by molar-refractivity contribution is 9.10. The first-order valence-electron chi connectivity index (χ1n) is 6.03. The van der Waals surface area contributed by atoms with Crippen LogP contribution in [0.1, 0.15) is 30.9 Å². The van der Waals surface area contributed by atoms with Gasteiger partial charge in [-0.1, -0.05) is 26.0 Å². The predicted octanol–water partition coefficient (Wildman–Crippen LogP) is 4.05. The molecule has 0 saturated carbocycles. The fraction of sp³-hybridized carbons (Fsp3) is 0.286. The average molecular weight is 322 g/mol. The number of anilines is 1. The number of hydrogen-bond donors (Lipinski definition) is 1. The van der Waals surface area contributed by atoms with Crippen LogP contribution in [0.25, 0.3) is 0 Å². The number of nitrogens with zero attached hydrogens (tertiary/aromatic N) is 2. The Morgan fingerprint density at radius 1 is 1.26 bits per heavy atom. The van der Waals surface area contributed by atoms with E-state index in [1.807, 2.05) is 13.0 Å². The second-order valence-electron chi connectivity index (χ2n) is 4.68. The molecule has 0 radical (unpaired) electrons. The Morgan fingerprint density at radius 3 is 2.68 bits per heavy atom. The summed E-state index contributed by atoms with van der Waals surface area (Å²) in [5, 5.41) is 0. The van der Waals surface area contributed by atoms with E-state index in [-0.39, 0.29) is 0 Å². The first-order chi connectivity index (χ1) is 8.99. The van der Waals surface area contributed by atoms with Crippen molar-refractivity contribution in [3.8, 4) is 11.6 Å². The highest BCUT2D eigenvalue weighted by atomic mass is 79.9. The summed E-state index contributed by atoms with van der Waals surface area (Å²) in [5.74, 6) is 1.96. The van der Waals surface area contributed by atoms with E-state index in [0.29, 0.717) is 22.1 Å². The predicted molar refractivity (Wildman–Crippen MR) is 79.5 cm³/mol. The SMILES string of the molecule is Cc1ccc(C(C)C)c(Oc2ncnc(N)c2Br)c1. The van der Waals surface area contributed by atoms with Crippen molar-refractivity contribution in [3.63, 3.8) is 0 Å². The van der Waals surface area contributed by atoms with Crippen LogP contribution in [0.15, 0.2) is 29.0 Å². The lowest BCUT2D eigenvalue weighted by molar-refractivity contribution is 0.450. The van der Waals surface area contributed by atoms with Gasteiger partial charge in [0.15, 0.2) is 0 Å². The molecule has 100 valence electrons. The summed E-state index contributed by atoms with van der Waals surface area (Å²) >= 11 is 3.34. The molecule has 0 aliphatic carbocycles. The van der Waals surface area contributed by atoms with Gasteiger partial charge in [-0.25, -0.2) is 9.97 Å². The van der Waals surface area contributed by atoms with E-state index in [1.54, 1.807) is 0 Å². The van der Waals surface area contributed by atoms with Crippen molar-refractivity contribution in [2.45, 2.75) is 26.7 Å². The number of rotatable bonds is 3. The highest BCUT2D eigenvalue weighted by Crippen LogP contribution is 2.34. The van der Waals surface area contributed by atoms with Crippen molar-refractivity contribution in [2.24, 2.45) is 0 Å². The van der Waals surface area contributed by atoms with Crippen molar-refractivity contribution >= 4 is 21.7 Å². The van der Waals surface area contributed by atoms with Crippen molar-refractivity contribution in [2.75, 3.05) is 5.73 Å². The fourth-order valence-electron chi connectivity index (χ4n) is 1.75. The zero-order valence-corrected chi connectivity index (χ0v) is 12.7. The molecule has 2 N–H and O–H groups in total. The summed E-state index contributed by atoms with van der Waals surface area (Å²) < 4.78 is 6.46. The van der Waals surface area contributed by atoms with Gasteiger partial charge < -0.3 is 10.5 Å². The molecule has 19 heavy (non-hydrogen) atoms. The first-order valence-corrected chi connectivity index (χ1v) is 6.82. The van der Waals surface area contributed by atoms with Gasteiger partial charge in [-0.2, -0.15) is 0 Å². The zero-order chi connectivity index (χ0) is 14.0. The molecular weight excluding hydrogens is 306 g/mol. The van der Waals surface area contributed by atoms with Crippen molar-refractivity contribution in [1.82, 2.24) is 9.97 Å². The van der Waals surface area contributed by atoms with Gasteiger partial charge in [-0.15, -0.1) is 0 Å². The number of halogens is 1. The molecule has 1 aromatic heterocycles. The third-order valence-corrected chi connectivity index (χ3v) is 3.53. The minimum absolute atomic E-state index is 0.365. The normalized spacial score (nSPS) is 10.8. The largest absolute Gasteiger partial charge is 0.437 e. The van der Waals surface area contributed by atoms with Crippen molar-refractivity contribution in [1.29, 1.82) is 0 Å². The molecule has 2 aromatic rings. The summed E-state index contributed by atoms with van der Waals surface area (Å²) in [6.07, 6.45) is 1.39. The average Bonchev–Trinajstić information content (AvgIpc) is 2.35. The van der Waals surface area contributed by atoms with Crippen LogP contribution in [0.3, 0.4) is 0 Å². The molecule has 0 aliphatic rings. The standard InChI is InChI=1S/C14H16BrN3O/c1-8(2)10-5-4-9(3)6-11(10)19-14-12(15)13(16)17-7-18-14/h4-8H,1-3H3,(H2,16,17,18). The molecule has 2 rings (SSSR count). The quantitative estimate of drug-likeness (QED) is 0.926. The first kappa shape index (κ1) is 13.8. The molecule has 4 nitrogen and oxygen atoms in total. The van der Waals surface area contributed by atoms with Gasteiger partial charge in [0.1, 0.15) is 22.4 Å². The van der Waals surface area contributed by atoms with Gasteiger partial charge in [0.05, 0.1) is 0 Å². The Hall–Kier alpha value is -1.62. The number of benzene rings is 1. The Labute approximate surface area is 121 Å². The molecule has 1 heterocycles. The molecule has 0 unspecified atom stereocenters. The summed E-state index contributed by atoms with van der Waals surface area (Å²) in [5.41, 5.74) is 7.99. The van der Waals surface area contributed by atoms with Crippen molar-refractivity contribution in [3.05, 3.63) is 40.1 Å². The number of aryl methyl sites for hydroxylation is 1. The fourth-order valence-corrected chi connectivity index (χ4v) is 2.03. The molecule has 0 atom stereocenters. The number of aromatic nitrogens is 2. The topological polar surface area (TPSA) is 61.0 Å². The zero-order valence-electron chi connectivity index (χ0n) is 11.1. The Balaban J connectivity index is 2.42. The number of ether oxygens (including phenoxy) is 1. The summed E-state index contributed by atoms with van der Waals surface area (Å²) in [6.45, 7) is 6.28. The number of hydrogen-bond acceptors (Lipinski definition) is 4. The lowest BCUT2D eigenvalue weighted by atomic mass is 10.0. The molecule has 0 bridgehead atoms. The molecular formula is C14H16BrN3O. The lowest BCUT2D eigenvalue weighted by Gasteiger charge is -2.14. The summed E-state index contributed by atoms with van der Waals surface area (Å²) in [4.78, 5) is 8.00. The van der Waals surface area contributed by atoms with Crippen LogP contribution in [-0.2, 0) is 0 Å². The van der Waals surface area contributed by atoms with E-state index in [9.17, 15) is 0 Å². The maximum Gasteiger partial charge on any atom is 0.238 e. The number of nitrogen functional groups attached to an aromatic ring is 1. The van der Waals surface area contributed by atoms with Gasteiger partial charge in [0.2, 0.25) is 5.88 Å². The van der Waals surface area contributed by atoms with E-state index in [1.165, 1.54) is 6.33 Å². The molecule has 0 amide bonds. The van der Waals surface area contributed by atoms with Crippen LogP contribution < -0.4 is 10.5 Å². The van der Waals surface area contributed by atoms with Crippen LogP contribution in [0, 0.1) is 6.92 Å². The van der Waals surface area contributed by atoms with Gasteiger partial charge in [0, 0.05) is 0 Å². The highest BCUT2D eigenvalue weighted by Gasteiger charge is 2.13. The minimum Gasteiger partial charge on any atom is -0.437 e. The second-order valence-corrected chi connectivity index (χ2v) is 5.47.